The van der Waals surface area contributed by atoms with Gasteiger partial charge >= 0.3 is 5.97 Å². The SMILES string of the molecule is CC1=C2C[C@H]3[C@H](C[C@]2(C)CCC1)OC(=O)[C@H]3C[NH+]1CCC(C)CC1. The lowest BCUT2D eigenvalue weighted by molar-refractivity contribution is -0.908. The number of allylic oxidation sites excluding steroid dienone is 2. The average Bonchev–Trinajstić information content (AvgIpc) is 2.82. The Morgan fingerprint density at radius 3 is 2.79 bits per heavy atom. The number of carbonyl (C=O) groups excluding carboxylic acids is 1. The number of fused-ring (bicyclic) bond motifs is 2. The Morgan fingerprint density at radius 2 is 2.04 bits per heavy atom. The Hall–Kier alpha value is -0.830. The third-order valence-corrected chi connectivity index (χ3v) is 7.67. The van der Waals surface area contributed by atoms with Gasteiger partial charge in [0.1, 0.15) is 12.0 Å². The van der Waals surface area contributed by atoms with E-state index in [1.54, 1.807) is 16.0 Å². The third-order valence-electron chi connectivity index (χ3n) is 7.67. The van der Waals surface area contributed by atoms with Crippen LogP contribution < -0.4 is 4.90 Å². The highest BCUT2D eigenvalue weighted by atomic mass is 16.6. The molecule has 3 heteroatoms. The molecule has 1 N–H and O–H groups in total. The first kappa shape index (κ1) is 16.6. The maximum absolute atomic E-state index is 12.6. The van der Waals surface area contributed by atoms with E-state index in [-0.39, 0.29) is 18.0 Å². The molecule has 0 aromatic rings. The van der Waals surface area contributed by atoms with E-state index >= 15 is 0 Å². The van der Waals surface area contributed by atoms with Crippen molar-refractivity contribution in [2.24, 2.45) is 23.2 Å². The Morgan fingerprint density at radius 1 is 1.29 bits per heavy atom. The van der Waals surface area contributed by atoms with Gasteiger partial charge in [0.05, 0.1) is 19.6 Å². The van der Waals surface area contributed by atoms with Crippen LogP contribution in [0, 0.1) is 23.2 Å². The van der Waals surface area contributed by atoms with Gasteiger partial charge in [-0.1, -0.05) is 25.0 Å². The van der Waals surface area contributed by atoms with Crippen molar-refractivity contribution in [3.05, 3.63) is 11.1 Å². The van der Waals surface area contributed by atoms with Crippen LogP contribution >= 0.6 is 0 Å². The van der Waals surface area contributed by atoms with Gasteiger partial charge in [0.2, 0.25) is 0 Å². The van der Waals surface area contributed by atoms with Crippen LogP contribution in [0.15, 0.2) is 11.1 Å². The molecule has 1 saturated carbocycles. The van der Waals surface area contributed by atoms with Crippen molar-refractivity contribution in [2.75, 3.05) is 19.6 Å². The molecule has 3 nitrogen and oxygen atoms in total. The Bertz CT molecular complexity index is 546. The minimum absolute atomic E-state index is 0.108. The molecule has 0 bridgehead atoms. The van der Waals surface area contributed by atoms with Gasteiger partial charge in [0.15, 0.2) is 0 Å². The molecule has 24 heavy (non-hydrogen) atoms. The second-order valence-electron chi connectivity index (χ2n) is 9.46. The van der Waals surface area contributed by atoms with Crippen molar-refractivity contribution in [2.45, 2.75) is 71.8 Å². The van der Waals surface area contributed by atoms with Gasteiger partial charge in [-0.3, -0.25) is 4.79 Å². The van der Waals surface area contributed by atoms with Crippen molar-refractivity contribution in [3.8, 4) is 0 Å². The molecule has 0 unspecified atom stereocenters. The maximum atomic E-state index is 12.6. The molecular weight excluding hydrogens is 298 g/mol. The second kappa shape index (κ2) is 6.16. The Kier molecular flexibility index (Phi) is 4.27. The van der Waals surface area contributed by atoms with E-state index in [1.165, 1.54) is 45.2 Å². The molecule has 4 aliphatic rings. The summed E-state index contributed by atoms with van der Waals surface area (Å²) in [7, 11) is 0. The number of hydrogen-bond donors (Lipinski definition) is 1. The monoisotopic (exact) mass is 332 g/mol. The topological polar surface area (TPSA) is 30.7 Å². The summed E-state index contributed by atoms with van der Waals surface area (Å²) in [6.07, 6.45) is 8.84. The smallest absolute Gasteiger partial charge is 0.315 e. The number of carbonyl (C=O) groups is 1. The molecule has 2 saturated heterocycles. The van der Waals surface area contributed by atoms with Crippen LogP contribution in [0.4, 0.5) is 0 Å². The molecule has 2 aliphatic carbocycles. The summed E-state index contributed by atoms with van der Waals surface area (Å²) in [5.74, 6) is 1.56. The predicted octanol–water partition coefficient (Wildman–Crippen LogP) is 2.76. The number of ether oxygens (including phenoxy) is 1. The fraction of sp³-hybridized carbons (Fsp3) is 0.857. The van der Waals surface area contributed by atoms with E-state index in [1.807, 2.05) is 0 Å². The van der Waals surface area contributed by atoms with Gasteiger partial charge in [0, 0.05) is 5.92 Å². The van der Waals surface area contributed by atoms with E-state index in [0.717, 1.165) is 25.3 Å². The average molecular weight is 333 g/mol. The van der Waals surface area contributed by atoms with E-state index < -0.39 is 0 Å². The highest BCUT2D eigenvalue weighted by Gasteiger charge is 2.54. The first-order valence-electron chi connectivity index (χ1n) is 10.2. The number of nitrogens with one attached hydrogen (secondary N) is 1. The Labute approximate surface area is 146 Å². The van der Waals surface area contributed by atoms with Crippen LogP contribution in [0.25, 0.3) is 0 Å². The number of rotatable bonds is 2. The lowest BCUT2D eigenvalue weighted by atomic mass is 9.59. The van der Waals surface area contributed by atoms with E-state index in [2.05, 4.69) is 20.8 Å². The number of quaternary nitrogens is 1. The van der Waals surface area contributed by atoms with Gasteiger partial charge in [-0.15, -0.1) is 0 Å². The van der Waals surface area contributed by atoms with E-state index in [9.17, 15) is 4.79 Å². The molecule has 2 aliphatic heterocycles. The fourth-order valence-corrected chi connectivity index (χ4v) is 6.03. The molecule has 0 aromatic heterocycles. The Balaban J connectivity index is 1.50. The fourth-order valence-electron chi connectivity index (χ4n) is 6.03. The molecule has 0 aromatic carbocycles. The van der Waals surface area contributed by atoms with Gasteiger partial charge in [-0.25, -0.2) is 0 Å². The van der Waals surface area contributed by atoms with Crippen LogP contribution in [0.5, 0.6) is 0 Å². The van der Waals surface area contributed by atoms with Gasteiger partial charge in [-0.2, -0.15) is 0 Å². The summed E-state index contributed by atoms with van der Waals surface area (Å²) < 4.78 is 5.92. The molecule has 4 atom stereocenters. The van der Waals surface area contributed by atoms with Crippen molar-refractivity contribution in [1.82, 2.24) is 0 Å². The highest BCUT2D eigenvalue weighted by Crippen LogP contribution is 2.54. The predicted molar refractivity (Wildman–Crippen MR) is 94.7 cm³/mol. The normalized spacial score (nSPS) is 45.6. The quantitative estimate of drug-likeness (QED) is 0.623. The first-order chi connectivity index (χ1) is 11.5. The number of piperidine rings is 1. The van der Waals surface area contributed by atoms with Crippen LogP contribution in [0.3, 0.4) is 0 Å². The van der Waals surface area contributed by atoms with Crippen LogP contribution in [-0.4, -0.2) is 31.7 Å². The molecule has 3 fully saturated rings. The summed E-state index contributed by atoms with van der Waals surface area (Å²) in [6, 6.07) is 0. The van der Waals surface area contributed by atoms with Crippen molar-refractivity contribution >= 4 is 5.97 Å². The lowest BCUT2D eigenvalue weighted by Gasteiger charge is -2.45. The number of hydrogen-bond acceptors (Lipinski definition) is 2. The molecule has 0 radical (unpaired) electrons. The standard InChI is InChI=1S/C21H33NO2/c1-14-6-9-22(10-7-14)13-17-16-11-18-15(2)5-4-8-21(18,3)12-19(16)24-20(17)23/h14,16-17,19H,4-13H2,1-3H3/p+1/t16-,17+,19+,21+/m1/s1. The van der Waals surface area contributed by atoms with Gasteiger partial charge in [-0.05, 0) is 63.2 Å². The summed E-state index contributed by atoms with van der Waals surface area (Å²) in [4.78, 5) is 14.3. The minimum Gasteiger partial charge on any atom is -0.462 e. The summed E-state index contributed by atoms with van der Waals surface area (Å²) >= 11 is 0. The first-order valence-corrected chi connectivity index (χ1v) is 10.2. The van der Waals surface area contributed by atoms with Crippen molar-refractivity contribution in [1.29, 1.82) is 0 Å². The highest BCUT2D eigenvalue weighted by molar-refractivity contribution is 5.75. The summed E-state index contributed by atoms with van der Waals surface area (Å²) in [5.41, 5.74) is 3.59. The van der Waals surface area contributed by atoms with Crippen LogP contribution in [-0.2, 0) is 9.53 Å². The minimum atomic E-state index is 0.108. The molecule has 134 valence electrons. The molecule has 4 rings (SSSR count). The largest absolute Gasteiger partial charge is 0.462 e. The van der Waals surface area contributed by atoms with Crippen molar-refractivity contribution in [3.63, 3.8) is 0 Å². The lowest BCUT2D eigenvalue weighted by Crippen LogP contribution is -3.13. The zero-order valence-corrected chi connectivity index (χ0v) is 15.7. The van der Waals surface area contributed by atoms with Gasteiger partial charge < -0.3 is 9.64 Å². The summed E-state index contributed by atoms with van der Waals surface area (Å²) in [6.45, 7) is 10.6. The number of likely N-dealkylation sites (tertiary alicyclic amines) is 1. The summed E-state index contributed by atoms with van der Waals surface area (Å²) in [5, 5.41) is 0. The molecule has 0 amide bonds. The van der Waals surface area contributed by atoms with Gasteiger partial charge in [0.25, 0.3) is 0 Å². The molecular formula is C21H34NO2+. The molecule has 0 spiro atoms. The maximum Gasteiger partial charge on any atom is 0.315 e. The third kappa shape index (κ3) is 2.83. The second-order valence-corrected chi connectivity index (χ2v) is 9.46. The van der Waals surface area contributed by atoms with Crippen LogP contribution in [0.2, 0.25) is 0 Å². The number of esters is 1. The molecule has 2 heterocycles. The van der Waals surface area contributed by atoms with E-state index in [0.29, 0.717) is 11.3 Å². The van der Waals surface area contributed by atoms with Crippen molar-refractivity contribution < 1.29 is 14.4 Å². The van der Waals surface area contributed by atoms with Crippen LogP contribution in [0.1, 0.15) is 65.7 Å². The van der Waals surface area contributed by atoms with E-state index in [4.69, 9.17) is 4.74 Å². The zero-order chi connectivity index (χ0) is 16.9. The zero-order valence-electron chi connectivity index (χ0n) is 15.7.